The highest BCUT2D eigenvalue weighted by molar-refractivity contribution is 9.10. The fraction of sp³-hybridized carbons (Fsp3) is 0.143. The molecule has 0 spiro atoms. The zero-order valence-electron chi connectivity index (χ0n) is 11.2. The first-order chi connectivity index (χ1) is 9.70. The molecule has 112 valence electrons. The van der Waals surface area contributed by atoms with Crippen molar-refractivity contribution in [3.8, 4) is 0 Å². The summed E-state index contributed by atoms with van der Waals surface area (Å²) in [4.78, 5) is 0.0451. The van der Waals surface area contributed by atoms with Gasteiger partial charge in [-0.2, -0.15) is 0 Å². The lowest BCUT2D eigenvalue weighted by Crippen LogP contribution is -2.16. The summed E-state index contributed by atoms with van der Waals surface area (Å²) in [6, 6.07) is 6.41. The molecule has 0 atom stereocenters. The largest absolute Gasteiger partial charge is 0.275 e. The summed E-state index contributed by atoms with van der Waals surface area (Å²) in [5.41, 5.74) is 1.14. The van der Waals surface area contributed by atoms with Crippen molar-refractivity contribution in [1.82, 2.24) is 0 Å². The number of hydrogen-bond donors (Lipinski definition) is 1. The molecule has 0 aliphatic heterocycles. The number of rotatable bonds is 3. The molecule has 0 radical (unpaired) electrons. The van der Waals surface area contributed by atoms with Crippen LogP contribution in [0.25, 0.3) is 0 Å². The summed E-state index contributed by atoms with van der Waals surface area (Å²) >= 11 is 2.95. The van der Waals surface area contributed by atoms with Gasteiger partial charge in [-0.3, -0.25) is 4.72 Å². The smallest absolute Gasteiger partial charge is 0.262 e. The number of aryl methyl sites for hydroxylation is 2. The normalized spacial score (nSPS) is 11.5. The number of halogens is 3. The first-order valence-corrected chi connectivity index (χ1v) is 8.23. The third kappa shape index (κ3) is 3.41. The van der Waals surface area contributed by atoms with Gasteiger partial charge in [-0.1, -0.05) is 17.7 Å². The molecule has 2 rings (SSSR count). The van der Waals surface area contributed by atoms with Gasteiger partial charge < -0.3 is 0 Å². The zero-order valence-corrected chi connectivity index (χ0v) is 13.6. The summed E-state index contributed by atoms with van der Waals surface area (Å²) in [5, 5.41) is 0. The van der Waals surface area contributed by atoms with Crippen molar-refractivity contribution < 1.29 is 17.2 Å². The van der Waals surface area contributed by atoms with Gasteiger partial charge in [0.25, 0.3) is 10.0 Å². The van der Waals surface area contributed by atoms with E-state index in [2.05, 4.69) is 20.7 Å². The van der Waals surface area contributed by atoms with Gasteiger partial charge >= 0.3 is 0 Å². The topological polar surface area (TPSA) is 46.2 Å². The number of hydrogen-bond acceptors (Lipinski definition) is 2. The lowest BCUT2D eigenvalue weighted by molar-refractivity contribution is 0.581. The van der Waals surface area contributed by atoms with Crippen LogP contribution in [0, 0.1) is 25.5 Å². The maximum atomic E-state index is 13.7. The SMILES string of the molecule is Cc1ccc(S(=O)(=O)Nc2c(F)cc(F)cc2Br)c(C)c1. The minimum atomic E-state index is -3.96. The van der Waals surface area contributed by atoms with Crippen LogP contribution in [0.5, 0.6) is 0 Å². The third-order valence-corrected chi connectivity index (χ3v) is 5.00. The zero-order chi connectivity index (χ0) is 15.8. The molecule has 2 aromatic carbocycles. The van der Waals surface area contributed by atoms with Gasteiger partial charge in [-0.25, -0.2) is 17.2 Å². The standard InChI is InChI=1S/C14H12BrF2NO2S/c1-8-3-4-13(9(2)5-8)21(19,20)18-14-11(15)6-10(16)7-12(14)17/h3-7,18H,1-2H3. The van der Waals surface area contributed by atoms with Crippen molar-refractivity contribution in [2.45, 2.75) is 18.7 Å². The maximum absolute atomic E-state index is 13.7. The average Bonchev–Trinajstić information content (AvgIpc) is 2.33. The Balaban J connectivity index is 2.47. The minimum Gasteiger partial charge on any atom is -0.275 e. The van der Waals surface area contributed by atoms with E-state index in [0.717, 1.165) is 11.6 Å². The summed E-state index contributed by atoms with van der Waals surface area (Å²) in [6.07, 6.45) is 0. The molecule has 1 N–H and O–H groups in total. The van der Waals surface area contributed by atoms with E-state index in [0.29, 0.717) is 11.6 Å². The van der Waals surface area contributed by atoms with E-state index in [-0.39, 0.29) is 15.1 Å². The molecule has 0 saturated carbocycles. The molecule has 0 aliphatic carbocycles. The summed E-state index contributed by atoms with van der Waals surface area (Å²) in [6.45, 7) is 3.49. The lowest BCUT2D eigenvalue weighted by atomic mass is 10.2. The van der Waals surface area contributed by atoms with E-state index in [9.17, 15) is 17.2 Å². The molecule has 2 aromatic rings. The molecule has 7 heteroatoms. The van der Waals surface area contributed by atoms with Crippen LogP contribution in [-0.2, 0) is 10.0 Å². The fourth-order valence-corrected chi connectivity index (χ4v) is 3.88. The first kappa shape index (κ1) is 15.9. The summed E-state index contributed by atoms with van der Waals surface area (Å²) < 4.78 is 53.5. The Morgan fingerprint density at radius 3 is 2.33 bits per heavy atom. The second kappa shape index (κ2) is 5.73. The van der Waals surface area contributed by atoms with Crippen molar-refractivity contribution in [2.75, 3.05) is 4.72 Å². The van der Waals surface area contributed by atoms with Crippen molar-refractivity contribution in [2.24, 2.45) is 0 Å². The van der Waals surface area contributed by atoms with Gasteiger partial charge in [-0.15, -0.1) is 0 Å². The molecule has 3 nitrogen and oxygen atoms in total. The fourth-order valence-electron chi connectivity index (χ4n) is 1.93. The second-order valence-corrected chi connectivity index (χ2v) is 7.12. The Morgan fingerprint density at radius 1 is 1.10 bits per heavy atom. The minimum absolute atomic E-state index is 0.00617. The Morgan fingerprint density at radius 2 is 1.76 bits per heavy atom. The molecule has 0 saturated heterocycles. The molecule has 0 amide bonds. The Bertz CT molecular complexity index is 784. The molecule has 0 heterocycles. The maximum Gasteiger partial charge on any atom is 0.262 e. The molecule has 0 aromatic heterocycles. The Labute approximate surface area is 130 Å². The van der Waals surface area contributed by atoms with Gasteiger partial charge in [0.1, 0.15) is 5.82 Å². The van der Waals surface area contributed by atoms with Crippen LogP contribution in [-0.4, -0.2) is 8.42 Å². The lowest BCUT2D eigenvalue weighted by Gasteiger charge is -2.13. The quantitative estimate of drug-likeness (QED) is 0.875. The average molecular weight is 376 g/mol. The van der Waals surface area contributed by atoms with Gasteiger partial charge in [0.2, 0.25) is 0 Å². The van der Waals surface area contributed by atoms with Crippen molar-refractivity contribution in [3.05, 3.63) is 57.6 Å². The van der Waals surface area contributed by atoms with E-state index in [1.54, 1.807) is 19.1 Å². The van der Waals surface area contributed by atoms with Crippen LogP contribution in [0.1, 0.15) is 11.1 Å². The molecule has 0 aliphatic rings. The number of benzene rings is 2. The van der Waals surface area contributed by atoms with Crippen LogP contribution >= 0.6 is 15.9 Å². The summed E-state index contributed by atoms with van der Waals surface area (Å²) in [7, 11) is -3.96. The van der Waals surface area contributed by atoms with Crippen LogP contribution in [0.4, 0.5) is 14.5 Å². The number of sulfonamides is 1. The molecule has 0 fully saturated rings. The second-order valence-electron chi connectivity index (χ2n) is 4.62. The van der Waals surface area contributed by atoms with Crippen molar-refractivity contribution >= 4 is 31.6 Å². The number of anilines is 1. The van der Waals surface area contributed by atoms with Gasteiger partial charge in [0, 0.05) is 10.5 Å². The highest BCUT2D eigenvalue weighted by Crippen LogP contribution is 2.29. The predicted octanol–water partition coefficient (Wildman–Crippen LogP) is 4.14. The molecule has 0 bridgehead atoms. The van der Waals surface area contributed by atoms with Gasteiger partial charge in [-0.05, 0) is 47.5 Å². The van der Waals surface area contributed by atoms with E-state index in [4.69, 9.17) is 0 Å². The monoisotopic (exact) mass is 375 g/mol. The molecule has 21 heavy (non-hydrogen) atoms. The van der Waals surface area contributed by atoms with Crippen LogP contribution < -0.4 is 4.72 Å². The highest BCUT2D eigenvalue weighted by atomic mass is 79.9. The van der Waals surface area contributed by atoms with E-state index in [1.807, 2.05) is 6.92 Å². The van der Waals surface area contributed by atoms with Crippen molar-refractivity contribution in [3.63, 3.8) is 0 Å². The predicted molar refractivity (Wildman–Crippen MR) is 80.8 cm³/mol. The van der Waals surface area contributed by atoms with Gasteiger partial charge in [0.15, 0.2) is 5.82 Å². The molecule has 0 unspecified atom stereocenters. The van der Waals surface area contributed by atoms with Crippen LogP contribution in [0.3, 0.4) is 0 Å². The van der Waals surface area contributed by atoms with Gasteiger partial charge in [0.05, 0.1) is 10.6 Å². The first-order valence-electron chi connectivity index (χ1n) is 5.95. The van der Waals surface area contributed by atoms with Crippen molar-refractivity contribution in [1.29, 1.82) is 0 Å². The van der Waals surface area contributed by atoms with Crippen LogP contribution in [0.15, 0.2) is 39.7 Å². The third-order valence-electron chi connectivity index (χ3n) is 2.86. The Kier molecular flexibility index (Phi) is 4.34. The Hall–Kier alpha value is -1.47. The highest BCUT2D eigenvalue weighted by Gasteiger charge is 2.20. The van der Waals surface area contributed by atoms with E-state index < -0.39 is 21.7 Å². The number of nitrogens with one attached hydrogen (secondary N) is 1. The summed E-state index contributed by atoms with van der Waals surface area (Å²) in [5.74, 6) is -1.79. The van der Waals surface area contributed by atoms with E-state index in [1.165, 1.54) is 6.07 Å². The molecular weight excluding hydrogens is 364 g/mol. The van der Waals surface area contributed by atoms with Crippen LogP contribution in [0.2, 0.25) is 0 Å². The van der Waals surface area contributed by atoms with E-state index >= 15 is 0 Å². The molecular formula is C14H12BrF2NO2S.